The van der Waals surface area contributed by atoms with Crippen molar-refractivity contribution in [3.63, 3.8) is 0 Å². The third-order valence-corrected chi connectivity index (χ3v) is 5.91. The highest BCUT2D eigenvalue weighted by Crippen LogP contribution is 2.09. The smallest absolute Gasteiger partial charge is 0.175 e. The molecule has 2 rings (SSSR count). The van der Waals surface area contributed by atoms with Crippen LogP contribution in [0.25, 0.3) is 0 Å². The zero-order valence-electron chi connectivity index (χ0n) is 14.2. The van der Waals surface area contributed by atoms with Crippen molar-refractivity contribution in [1.82, 2.24) is 9.80 Å². The van der Waals surface area contributed by atoms with Gasteiger partial charge in [-0.05, 0) is 24.3 Å². The molecule has 2 heterocycles. The number of hydrogen-bond donors (Lipinski definition) is 0. The van der Waals surface area contributed by atoms with E-state index >= 15 is 0 Å². The number of hydrogen-bond acceptors (Lipinski definition) is 7. The molecular weight excluding hydrogens is 396 g/mol. The molecule has 0 saturated carbocycles. The fourth-order valence-corrected chi connectivity index (χ4v) is 4.04. The molecule has 0 atom stereocenters. The van der Waals surface area contributed by atoms with Crippen LogP contribution in [-0.4, -0.2) is 66.2 Å². The molecule has 0 amide bonds. The highest BCUT2D eigenvalue weighted by molar-refractivity contribution is 7.92. The fraction of sp³-hybridized carbons (Fsp3) is 0.312. The van der Waals surface area contributed by atoms with E-state index in [0.29, 0.717) is 16.5 Å². The maximum Gasteiger partial charge on any atom is 0.175 e. The maximum atomic E-state index is 12.3. The molecule has 0 fully saturated rings. The van der Waals surface area contributed by atoms with Gasteiger partial charge in [0.15, 0.2) is 27.1 Å². The summed E-state index contributed by atoms with van der Waals surface area (Å²) in [5.74, 6) is -0.624. The van der Waals surface area contributed by atoms with Crippen molar-refractivity contribution in [2.75, 3.05) is 32.3 Å². The Bertz CT molecular complexity index is 873. The molecular formula is C16H18N2O5S3. The summed E-state index contributed by atoms with van der Waals surface area (Å²) < 4.78 is 34.9. The normalized spacial score (nSPS) is 11.2. The number of carbonyl (C=O) groups is 1. The molecule has 7 nitrogen and oxygen atoms in total. The first-order valence-electron chi connectivity index (χ1n) is 7.49. The molecule has 2 aromatic rings. The largest absolute Gasteiger partial charge is 0.462 e. The van der Waals surface area contributed by atoms with Crippen LogP contribution in [-0.2, 0) is 14.6 Å². The molecule has 0 aromatic carbocycles. The third-order valence-electron chi connectivity index (χ3n) is 3.34. The standard InChI is InChI=1S/C16H18N2O5S3/c1-17(15(24)13-5-3-7-22-13)9-12(19)10-26(20,21)11-18(2)16(25)14-6-4-8-23-14/h3-8H,9-11H2,1-2H3. The van der Waals surface area contributed by atoms with Crippen LogP contribution in [0.5, 0.6) is 0 Å². The number of thiocarbonyl (C=S) groups is 2. The van der Waals surface area contributed by atoms with Crippen LogP contribution in [0.2, 0.25) is 0 Å². The first-order chi connectivity index (χ1) is 12.2. The second-order valence-electron chi connectivity index (χ2n) is 5.67. The van der Waals surface area contributed by atoms with Crippen LogP contribution in [0.1, 0.15) is 11.5 Å². The Morgan fingerprint density at radius 2 is 1.50 bits per heavy atom. The van der Waals surface area contributed by atoms with E-state index in [9.17, 15) is 13.2 Å². The van der Waals surface area contributed by atoms with Crippen LogP contribution in [0.4, 0.5) is 0 Å². The van der Waals surface area contributed by atoms with Gasteiger partial charge in [0.1, 0.15) is 21.6 Å². The van der Waals surface area contributed by atoms with E-state index < -0.39 is 21.4 Å². The molecule has 0 N–H and O–H groups in total. The van der Waals surface area contributed by atoms with E-state index in [4.69, 9.17) is 33.3 Å². The Morgan fingerprint density at radius 1 is 1.00 bits per heavy atom. The van der Waals surface area contributed by atoms with Gasteiger partial charge < -0.3 is 18.6 Å². The van der Waals surface area contributed by atoms with Gasteiger partial charge in [-0.3, -0.25) is 4.79 Å². The highest BCUT2D eigenvalue weighted by Gasteiger charge is 2.23. The zero-order chi connectivity index (χ0) is 19.3. The van der Waals surface area contributed by atoms with E-state index in [-0.39, 0.29) is 17.4 Å². The average molecular weight is 415 g/mol. The lowest BCUT2D eigenvalue weighted by atomic mass is 10.3. The predicted octanol–water partition coefficient (Wildman–Crippen LogP) is 1.73. The minimum absolute atomic E-state index is 0.134. The van der Waals surface area contributed by atoms with Crippen molar-refractivity contribution in [1.29, 1.82) is 0 Å². The molecule has 0 aliphatic rings. The first-order valence-corrected chi connectivity index (χ1v) is 10.1. The summed E-state index contributed by atoms with van der Waals surface area (Å²) in [6.45, 7) is -0.134. The number of furan rings is 2. The van der Waals surface area contributed by atoms with Gasteiger partial charge >= 0.3 is 0 Å². The number of Topliss-reactive ketones (excluding diaryl/α,β-unsaturated/α-hetero) is 1. The molecule has 0 spiro atoms. The lowest BCUT2D eigenvalue weighted by Crippen LogP contribution is -2.37. The van der Waals surface area contributed by atoms with E-state index in [1.165, 1.54) is 29.4 Å². The predicted molar refractivity (Wildman–Crippen MR) is 105 cm³/mol. The second kappa shape index (κ2) is 8.56. The van der Waals surface area contributed by atoms with E-state index in [2.05, 4.69) is 0 Å². The SMILES string of the molecule is CN(CC(=O)CS(=O)(=O)CN(C)C(=S)c1ccco1)C(=S)c1ccco1. The van der Waals surface area contributed by atoms with Crippen LogP contribution < -0.4 is 0 Å². The van der Waals surface area contributed by atoms with Gasteiger partial charge in [0.2, 0.25) is 0 Å². The number of rotatable bonds is 8. The number of ketones is 1. The summed E-state index contributed by atoms with van der Waals surface area (Å²) in [6.07, 6.45) is 2.92. The minimum Gasteiger partial charge on any atom is -0.462 e. The van der Waals surface area contributed by atoms with Crippen LogP contribution in [0.3, 0.4) is 0 Å². The summed E-state index contributed by atoms with van der Waals surface area (Å²) in [7, 11) is -0.550. The summed E-state index contributed by atoms with van der Waals surface area (Å²) in [6, 6.07) is 6.65. The van der Waals surface area contributed by atoms with Gasteiger partial charge in [-0.25, -0.2) is 8.42 Å². The quantitative estimate of drug-likeness (QED) is 0.600. The van der Waals surface area contributed by atoms with Gasteiger partial charge in [-0.15, -0.1) is 0 Å². The number of nitrogens with zero attached hydrogens (tertiary/aromatic N) is 2. The Labute approximate surface area is 162 Å². The van der Waals surface area contributed by atoms with Crippen molar-refractivity contribution in [2.24, 2.45) is 0 Å². The minimum atomic E-state index is -3.69. The molecule has 0 saturated heterocycles. The number of sulfone groups is 1. The van der Waals surface area contributed by atoms with Gasteiger partial charge in [0.05, 0.1) is 19.1 Å². The Morgan fingerprint density at radius 3 is 1.96 bits per heavy atom. The van der Waals surface area contributed by atoms with Crippen LogP contribution in [0.15, 0.2) is 45.6 Å². The van der Waals surface area contributed by atoms with Crippen molar-refractivity contribution in [3.8, 4) is 0 Å². The number of carbonyl (C=O) groups excluding carboxylic acids is 1. The number of likely N-dealkylation sites (N-methyl/N-ethyl adjacent to an activating group) is 1. The van der Waals surface area contributed by atoms with Gasteiger partial charge in [-0.2, -0.15) is 0 Å². The Hall–Kier alpha value is -2.04. The van der Waals surface area contributed by atoms with Crippen LogP contribution >= 0.6 is 24.4 Å². The Balaban J connectivity index is 1.90. The maximum absolute atomic E-state index is 12.3. The van der Waals surface area contributed by atoms with Crippen molar-refractivity contribution in [3.05, 3.63) is 48.3 Å². The lowest BCUT2D eigenvalue weighted by Gasteiger charge is -2.20. The summed E-state index contributed by atoms with van der Waals surface area (Å²) in [5.41, 5.74) is 0. The molecule has 0 radical (unpaired) electrons. The zero-order valence-corrected chi connectivity index (χ0v) is 16.7. The molecule has 0 bridgehead atoms. The molecule has 140 valence electrons. The van der Waals surface area contributed by atoms with Crippen molar-refractivity contribution < 1.29 is 22.0 Å². The molecule has 10 heteroatoms. The first kappa shape index (κ1) is 20.3. The summed E-state index contributed by atoms with van der Waals surface area (Å²) in [5, 5.41) is 0. The van der Waals surface area contributed by atoms with E-state index in [1.807, 2.05) is 0 Å². The molecule has 0 unspecified atom stereocenters. The molecule has 26 heavy (non-hydrogen) atoms. The van der Waals surface area contributed by atoms with Crippen molar-refractivity contribution in [2.45, 2.75) is 0 Å². The lowest BCUT2D eigenvalue weighted by molar-refractivity contribution is -0.116. The summed E-state index contributed by atoms with van der Waals surface area (Å²) in [4.78, 5) is 15.6. The van der Waals surface area contributed by atoms with E-state index in [0.717, 1.165) is 0 Å². The molecule has 0 aliphatic carbocycles. The van der Waals surface area contributed by atoms with Crippen LogP contribution in [0, 0.1) is 0 Å². The van der Waals surface area contributed by atoms with Crippen molar-refractivity contribution >= 4 is 50.0 Å². The van der Waals surface area contributed by atoms with E-state index in [1.54, 1.807) is 31.3 Å². The summed E-state index contributed by atoms with van der Waals surface area (Å²) >= 11 is 10.4. The monoisotopic (exact) mass is 414 g/mol. The molecule has 0 aliphatic heterocycles. The fourth-order valence-electron chi connectivity index (χ4n) is 2.20. The topological polar surface area (TPSA) is 84.0 Å². The van der Waals surface area contributed by atoms with Gasteiger partial charge in [-0.1, -0.05) is 24.4 Å². The van der Waals surface area contributed by atoms with Gasteiger partial charge in [0.25, 0.3) is 0 Å². The molecule has 2 aromatic heterocycles. The van der Waals surface area contributed by atoms with Gasteiger partial charge in [0, 0.05) is 14.1 Å². The third kappa shape index (κ3) is 5.48. The Kier molecular flexibility index (Phi) is 6.68. The highest BCUT2D eigenvalue weighted by atomic mass is 32.2. The second-order valence-corrected chi connectivity index (χ2v) is 8.48. The average Bonchev–Trinajstić information content (AvgIpc) is 3.25.